The molecule has 0 aliphatic rings. The third kappa shape index (κ3) is 2.74. The maximum absolute atomic E-state index is 11.0. The minimum absolute atomic E-state index is 0.166. The molecule has 2 N–H and O–H groups in total. The third-order valence-electron chi connectivity index (χ3n) is 1.98. The monoisotopic (exact) mass is 211 g/mol. The molecule has 2 atom stereocenters. The van der Waals surface area contributed by atoms with Crippen LogP contribution in [-0.2, 0) is 4.74 Å². The van der Waals surface area contributed by atoms with E-state index in [4.69, 9.17) is 5.11 Å². The first-order valence-corrected chi connectivity index (χ1v) is 4.46. The summed E-state index contributed by atoms with van der Waals surface area (Å²) in [5.41, 5.74) is 0.622. The van der Waals surface area contributed by atoms with Gasteiger partial charge >= 0.3 is 5.97 Å². The number of esters is 1. The number of rotatable bonds is 3. The van der Waals surface area contributed by atoms with Gasteiger partial charge in [0.25, 0.3) is 0 Å². The van der Waals surface area contributed by atoms with E-state index in [-0.39, 0.29) is 5.69 Å². The minimum atomic E-state index is -0.996. The number of aromatic nitrogens is 1. The van der Waals surface area contributed by atoms with Gasteiger partial charge in [0.05, 0.1) is 13.2 Å². The molecule has 0 aliphatic carbocycles. The Hall–Kier alpha value is -1.46. The van der Waals surface area contributed by atoms with Crippen molar-refractivity contribution >= 4 is 5.97 Å². The Kier molecular flexibility index (Phi) is 3.76. The van der Waals surface area contributed by atoms with Crippen LogP contribution in [-0.4, -0.2) is 34.4 Å². The summed E-state index contributed by atoms with van der Waals surface area (Å²) in [7, 11) is 1.27. The topological polar surface area (TPSA) is 79.7 Å². The fourth-order valence-electron chi connectivity index (χ4n) is 1.08. The number of ether oxygens (including phenoxy) is 1. The highest BCUT2D eigenvalue weighted by molar-refractivity contribution is 5.86. The Labute approximate surface area is 87.3 Å². The standard InChI is InChI=1S/C10H13NO4/c1-6(12)9(13)7-3-4-8(11-5-7)10(14)15-2/h3-6,9,12-13H,1-2H3/t6-,9+/m0/s1. The molecular formula is C10H13NO4. The molecule has 0 saturated heterocycles. The van der Waals surface area contributed by atoms with Gasteiger partial charge < -0.3 is 14.9 Å². The van der Waals surface area contributed by atoms with E-state index in [1.54, 1.807) is 0 Å². The second-order valence-electron chi connectivity index (χ2n) is 3.15. The maximum atomic E-state index is 11.0. The maximum Gasteiger partial charge on any atom is 0.356 e. The molecule has 15 heavy (non-hydrogen) atoms. The molecular weight excluding hydrogens is 198 g/mol. The molecule has 0 fully saturated rings. The van der Waals surface area contributed by atoms with Crippen LogP contribution in [0.15, 0.2) is 18.3 Å². The quantitative estimate of drug-likeness (QED) is 0.702. The Morgan fingerprint density at radius 1 is 1.47 bits per heavy atom. The molecule has 1 aromatic heterocycles. The van der Waals surface area contributed by atoms with Crippen molar-refractivity contribution in [2.24, 2.45) is 0 Å². The lowest BCUT2D eigenvalue weighted by Crippen LogP contribution is -2.14. The number of aliphatic hydroxyl groups excluding tert-OH is 2. The highest BCUT2D eigenvalue weighted by Gasteiger charge is 2.15. The number of carbonyl (C=O) groups is 1. The molecule has 1 heterocycles. The summed E-state index contributed by atoms with van der Waals surface area (Å²) in [6, 6.07) is 2.96. The van der Waals surface area contributed by atoms with E-state index in [1.807, 2.05) is 0 Å². The first-order valence-electron chi connectivity index (χ1n) is 4.46. The predicted octanol–water partition coefficient (Wildman–Crippen LogP) is 0.282. The molecule has 5 nitrogen and oxygen atoms in total. The van der Waals surface area contributed by atoms with Crippen LogP contribution in [0, 0.1) is 0 Å². The Balaban J connectivity index is 2.85. The van der Waals surface area contributed by atoms with E-state index in [1.165, 1.54) is 32.4 Å². The average Bonchev–Trinajstić information content (AvgIpc) is 2.27. The summed E-state index contributed by atoms with van der Waals surface area (Å²) >= 11 is 0. The van der Waals surface area contributed by atoms with Gasteiger partial charge in [-0.3, -0.25) is 0 Å². The third-order valence-corrected chi connectivity index (χ3v) is 1.98. The Morgan fingerprint density at radius 2 is 2.13 bits per heavy atom. The smallest absolute Gasteiger partial charge is 0.356 e. The highest BCUT2D eigenvalue weighted by atomic mass is 16.5. The van der Waals surface area contributed by atoms with Crippen LogP contribution in [0.3, 0.4) is 0 Å². The summed E-state index contributed by atoms with van der Waals surface area (Å²) in [4.78, 5) is 14.8. The van der Waals surface area contributed by atoms with E-state index in [0.29, 0.717) is 5.56 Å². The van der Waals surface area contributed by atoms with Gasteiger partial charge in [0.1, 0.15) is 11.8 Å². The molecule has 0 aromatic carbocycles. The number of pyridine rings is 1. The van der Waals surface area contributed by atoms with E-state index in [9.17, 15) is 9.90 Å². The molecule has 0 spiro atoms. The number of nitrogens with zero attached hydrogens (tertiary/aromatic N) is 1. The number of hydrogen-bond acceptors (Lipinski definition) is 5. The van der Waals surface area contributed by atoms with E-state index in [2.05, 4.69) is 9.72 Å². The fourth-order valence-corrected chi connectivity index (χ4v) is 1.08. The molecule has 0 unspecified atom stereocenters. The van der Waals surface area contributed by atoms with Crippen LogP contribution < -0.4 is 0 Å². The van der Waals surface area contributed by atoms with Gasteiger partial charge in [0, 0.05) is 11.8 Å². The van der Waals surface area contributed by atoms with Gasteiger partial charge in [-0.15, -0.1) is 0 Å². The molecule has 0 saturated carbocycles. The molecule has 1 aromatic rings. The summed E-state index contributed by atoms with van der Waals surface area (Å²) in [5, 5.41) is 18.6. The van der Waals surface area contributed by atoms with Crippen molar-refractivity contribution < 1.29 is 19.7 Å². The predicted molar refractivity (Wildman–Crippen MR) is 52.2 cm³/mol. The van der Waals surface area contributed by atoms with Crippen molar-refractivity contribution in [2.75, 3.05) is 7.11 Å². The van der Waals surface area contributed by atoms with Crippen molar-refractivity contribution in [3.05, 3.63) is 29.6 Å². The first-order chi connectivity index (χ1) is 7.06. The molecule has 82 valence electrons. The molecule has 1 rings (SSSR count). The lowest BCUT2D eigenvalue weighted by atomic mass is 10.1. The fraction of sp³-hybridized carbons (Fsp3) is 0.400. The van der Waals surface area contributed by atoms with E-state index < -0.39 is 18.2 Å². The van der Waals surface area contributed by atoms with Gasteiger partial charge in [0.2, 0.25) is 0 Å². The largest absolute Gasteiger partial charge is 0.464 e. The Bertz CT molecular complexity index is 334. The van der Waals surface area contributed by atoms with Gasteiger partial charge in [0.15, 0.2) is 0 Å². The second-order valence-corrected chi connectivity index (χ2v) is 3.15. The number of carbonyl (C=O) groups excluding carboxylic acids is 1. The average molecular weight is 211 g/mol. The summed E-state index contributed by atoms with van der Waals surface area (Å²) in [6.07, 6.45) is -0.538. The lowest BCUT2D eigenvalue weighted by molar-refractivity contribution is 0.0303. The molecule has 0 radical (unpaired) electrons. The van der Waals surface area contributed by atoms with E-state index >= 15 is 0 Å². The van der Waals surface area contributed by atoms with Crippen LogP contribution in [0.2, 0.25) is 0 Å². The zero-order chi connectivity index (χ0) is 11.4. The Morgan fingerprint density at radius 3 is 2.53 bits per heavy atom. The summed E-state index contributed by atoms with van der Waals surface area (Å²) in [5.74, 6) is -0.534. The second kappa shape index (κ2) is 4.86. The van der Waals surface area contributed by atoms with Crippen molar-refractivity contribution in [2.45, 2.75) is 19.1 Å². The minimum Gasteiger partial charge on any atom is -0.464 e. The van der Waals surface area contributed by atoms with Gasteiger partial charge in [-0.25, -0.2) is 9.78 Å². The summed E-state index contributed by atoms with van der Waals surface area (Å²) in [6.45, 7) is 1.47. The summed E-state index contributed by atoms with van der Waals surface area (Å²) < 4.78 is 4.47. The lowest BCUT2D eigenvalue weighted by Gasteiger charge is -2.13. The van der Waals surface area contributed by atoms with Gasteiger partial charge in [-0.05, 0) is 13.0 Å². The van der Waals surface area contributed by atoms with Crippen molar-refractivity contribution in [1.82, 2.24) is 4.98 Å². The number of methoxy groups -OCH3 is 1. The zero-order valence-electron chi connectivity index (χ0n) is 8.54. The van der Waals surface area contributed by atoms with Gasteiger partial charge in [-0.2, -0.15) is 0 Å². The van der Waals surface area contributed by atoms with E-state index in [0.717, 1.165) is 0 Å². The molecule has 5 heteroatoms. The molecule has 0 amide bonds. The van der Waals surface area contributed by atoms with Gasteiger partial charge in [-0.1, -0.05) is 6.07 Å². The normalized spacial score (nSPS) is 14.4. The zero-order valence-corrected chi connectivity index (χ0v) is 8.54. The van der Waals surface area contributed by atoms with Crippen molar-refractivity contribution in [3.63, 3.8) is 0 Å². The SMILES string of the molecule is COC(=O)c1ccc([C@H](O)[C@H](C)O)cn1. The van der Waals surface area contributed by atoms with Crippen LogP contribution in [0.4, 0.5) is 0 Å². The van der Waals surface area contributed by atoms with Crippen molar-refractivity contribution in [3.8, 4) is 0 Å². The molecule has 0 bridgehead atoms. The molecule has 0 aliphatic heterocycles. The van der Waals surface area contributed by atoms with Crippen LogP contribution in [0.1, 0.15) is 29.1 Å². The highest BCUT2D eigenvalue weighted by Crippen LogP contribution is 2.15. The van der Waals surface area contributed by atoms with Crippen molar-refractivity contribution in [1.29, 1.82) is 0 Å². The number of aliphatic hydroxyl groups is 2. The van der Waals surface area contributed by atoms with Crippen LogP contribution in [0.25, 0.3) is 0 Å². The first kappa shape index (κ1) is 11.6. The number of hydrogen-bond donors (Lipinski definition) is 2. The van der Waals surface area contributed by atoms with Crippen LogP contribution in [0.5, 0.6) is 0 Å². The van der Waals surface area contributed by atoms with Crippen LogP contribution >= 0.6 is 0 Å².